The Morgan fingerprint density at radius 2 is 1.68 bits per heavy atom. The number of hydrogen-bond donors (Lipinski definition) is 1. The Kier molecular flexibility index (Phi) is 4.74. The van der Waals surface area contributed by atoms with Gasteiger partial charge in [-0.3, -0.25) is 0 Å². The van der Waals surface area contributed by atoms with E-state index in [2.05, 4.69) is 15.9 Å². The highest BCUT2D eigenvalue weighted by atomic mass is 79.9. The Bertz CT molecular complexity index is 582. The Labute approximate surface area is 130 Å². The molecule has 19 heavy (non-hydrogen) atoms. The van der Waals surface area contributed by atoms with Crippen LogP contribution in [0, 0.1) is 0 Å². The van der Waals surface area contributed by atoms with Gasteiger partial charge in [-0.05, 0) is 42.8 Å². The first-order valence-corrected chi connectivity index (χ1v) is 7.19. The number of halogens is 3. The molecule has 2 nitrogen and oxygen atoms in total. The van der Waals surface area contributed by atoms with Crippen molar-refractivity contribution in [2.75, 3.05) is 0 Å². The van der Waals surface area contributed by atoms with Crippen molar-refractivity contribution in [2.45, 2.75) is 13.0 Å². The Balaban J connectivity index is 2.26. The average molecular weight is 361 g/mol. The third-order valence-electron chi connectivity index (χ3n) is 2.53. The van der Waals surface area contributed by atoms with Crippen LogP contribution in [0.4, 0.5) is 0 Å². The molecule has 0 unspecified atom stereocenters. The van der Waals surface area contributed by atoms with E-state index in [4.69, 9.17) is 33.7 Å². The van der Waals surface area contributed by atoms with Gasteiger partial charge in [0.2, 0.25) is 0 Å². The predicted octanol–water partition coefficient (Wildman–Crippen LogP) is 5.57. The van der Waals surface area contributed by atoms with Crippen LogP contribution in [0.15, 0.2) is 40.9 Å². The van der Waals surface area contributed by atoms with Crippen molar-refractivity contribution in [3.8, 4) is 11.5 Å². The summed E-state index contributed by atoms with van der Waals surface area (Å²) in [7, 11) is 0. The summed E-state index contributed by atoms with van der Waals surface area (Å²) < 4.78 is 6.63. The average Bonchev–Trinajstić information content (AvgIpc) is 2.26. The zero-order valence-corrected chi connectivity index (χ0v) is 13.3. The molecule has 0 aliphatic rings. The zero-order chi connectivity index (χ0) is 14.0. The van der Waals surface area contributed by atoms with Gasteiger partial charge >= 0.3 is 0 Å². The van der Waals surface area contributed by atoms with Gasteiger partial charge in [-0.2, -0.15) is 0 Å². The van der Waals surface area contributed by atoms with E-state index in [0.29, 0.717) is 21.5 Å². The second-order valence-electron chi connectivity index (χ2n) is 4.18. The Morgan fingerprint density at radius 3 is 2.21 bits per heavy atom. The standard InChI is InChI=1S/C14H12BrCl2NO/c1-8(18)13-3-2-11(7-14(13)15)19-12-5-9(16)4-10(17)6-12/h2-8H,18H2,1H3/t8-/m1/s1. The van der Waals surface area contributed by atoms with Gasteiger partial charge in [0.05, 0.1) is 0 Å². The van der Waals surface area contributed by atoms with Crippen LogP contribution in [-0.4, -0.2) is 0 Å². The Hall–Kier alpha value is -0.740. The summed E-state index contributed by atoms with van der Waals surface area (Å²) >= 11 is 15.3. The van der Waals surface area contributed by atoms with Gasteiger partial charge in [0.25, 0.3) is 0 Å². The van der Waals surface area contributed by atoms with E-state index in [1.165, 1.54) is 0 Å². The van der Waals surface area contributed by atoms with Gasteiger partial charge in [0.1, 0.15) is 11.5 Å². The highest BCUT2D eigenvalue weighted by Crippen LogP contribution is 2.31. The van der Waals surface area contributed by atoms with E-state index in [-0.39, 0.29) is 6.04 Å². The lowest BCUT2D eigenvalue weighted by molar-refractivity contribution is 0.482. The van der Waals surface area contributed by atoms with Gasteiger partial charge in [0.15, 0.2) is 0 Å². The first-order valence-electron chi connectivity index (χ1n) is 5.64. The van der Waals surface area contributed by atoms with Crippen LogP contribution in [0.1, 0.15) is 18.5 Å². The summed E-state index contributed by atoms with van der Waals surface area (Å²) in [6.07, 6.45) is 0. The molecule has 2 N–H and O–H groups in total. The van der Waals surface area contributed by atoms with Crippen LogP contribution < -0.4 is 10.5 Å². The first kappa shape index (κ1) is 14.7. The smallest absolute Gasteiger partial charge is 0.130 e. The summed E-state index contributed by atoms with van der Waals surface area (Å²) in [6.45, 7) is 1.93. The lowest BCUT2D eigenvalue weighted by Crippen LogP contribution is -2.05. The van der Waals surface area contributed by atoms with Crippen LogP contribution in [0.3, 0.4) is 0 Å². The molecule has 5 heteroatoms. The molecule has 0 bridgehead atoms. The largest absolute Gasteiger partial charge is 0.457 e. The van der Waals surface area contributed by atoms with Crippen molar-refractivity contribution in [1.29, 1.82) is 0 Å². The molecule has 0 spiro atoms. The molecule has 0 saturated heterocycles. The third-order valence-corrected chi connectivity index (χ3v) is 3.66. The van der Waals surface area contributed by atoms with Gasteiger partial charge in [-0.25, -0.2) is 0 Å². The lowest BCUT2D eigenvalue weighted by atomic mass is 10.1. The maximum Gasteiger partial charge on any atom is 0.130 e. The molecule has 0 fully saturated rings. The van der Waals surface area contributed by atoms with Crippen molar-refractivity contribution in [2.24, 2.45) is 5.73 Å². The number of ether oxygens (including phenoxy) is 1. The number of hydrogen-bond acceptors (Lipinski definition) is 2. The molecule has 0 aliphatic heterocycles. The van der Waals surface area contributed by atoms with Gasteiger partial charge in [-0.15, -0.1) is 0 Å². The molecule has 0 aliphatic carbocycles. The molecular formula is C14H12BrCl2NO. The summed E-state index contributed by atoms with van der Waals surface area (Å²) in [6, 6.07) is 10.7. The minimum Gasteiger partial charge on any atom is -0.457 e. The summed E-state index contributed by atoms with van der Waals surface area (Å²) in [5.41, 5.74) is 6.88. The minimum absolute atomic E-state index is 0.0379. The van der Waals surface area contributed by atoms with E-state index in [9.17, 15) is 0 Å². The molecular weight excluding hydrogens is 349 g/mol. The van der Waals surface area contributed by atoms with Crippen LogP contribution in [0.5, 0.6) is 11.5 Å². The highest BCUT2D eigenvalue weighted by molar-refractivity contribution is 9.10. The summed E-state index contributed by atoms with van der Waals surface area (Å²) in [5.74, 6) is 1.28. The van der Waals surface area contributed by atoms with Crippen molar-refractivity contribution in [3.05, 3.63) is 56.5 Å². The SMILES string of the molecule is C[C@@H](N)c1ccc(Oc2cc(Cl)cc(Cl)c2)cc1Br. The lowest BCUT2D eigenvalue weighted by Gasteiger charge is -2.11. The van der Waals surface area contributed by atoms with E-state index in [1.54, 1.807) is 18.2 Å². The van der Waals surface area contributed by atoms with Crippen molar-refractivity contribution in [3.63, 3.8) is 0 Å². The maximum absolute atomic E-state index is 5.92. The molecule has 100 valence electrons. The number of nitrogens with two attached hydrogens (primary N) is 1. The van der Waals surface area contributed by atoms with Crippen molar-refractivity contribution in [1.82, 2.24) is 0 Å². The van der Waals surface area contributed by atoms with E-state index in [1.807, 2.05) is 25.1 Å². The van der Waals surface area contributed by atoms with Gasteiger partial charge < -0.3 is 10.5 Å². The fourth-order valence-electron chi connectivity index (χ4n) is 1.66. The molecule has 0 heterocycles. The summed E-state index contributed by atoms with van der Waals surface area (Å²) in [4.78, 5) is 0. The molecule has 2 aromatic carbocycles. The van der Waals surface area contributed by atoms with Crippen LogP contribution >= 0.6 is 39.1 Å². The number of rotatable bonds is 3. The van der Waals surface area contributed by atoms with Crippen LogP contribution in [-0.2, 0) is 0 Å². The topological polar surface area (TPSA) is 35.2 Å². The van der Waals surface area contributed by atoms with Gasteiger partial charge in [-0.1, -0.05) is 45.2 Å². The maximum atomic E-state index is 5.92. The van der Waals surface area contributed by atoms with Gasteiger partial charge in [0, 0.05) is 20.6 Å². The molecule has 2 rings (SSSR count). The molecule has 1 atom stereocenters. The monoisotopic (exact) mass is 359 g/mol. The second kappa shape index (κ2) is 6.14. The van der Waals surface area contributed by atoms with E-state index < -0.39 is 0 Å². The molecule has 0 saturated carbocycles. The molecule has 2 aromatic rings. The van der Waals surface area contributed by atoms with Crippen molar-refractivity contribution >= 4 is 39.1 Å². The predicted molar refractivity (Wildman–Crippen MR) is 83.3 cm³/mol. The highest BCUT2D eigenvalue weighted by Gasteiger charge is 2.07. The normalized spacial score (nSPS) is 12.3. The zero-order valence-electron chi connectivity index (χ0n) is 10.2. The van der Waals surface area contributed by atoms with E-state index >= 15 is 0 Å². The van der Waals surface area contributed by atoms with Crippen LogP contribution in [0.25, 0.3) is 0 Å². The third kappa shape index (κ3) is 3.86. The number of benzene rings is 2. The Morgan fingerprint density at radius 1 is 1.05 bits per heavy atom. The van der Waals surface area contributed by atoms with Crippen LogP contribution in [0.2, 0.25) is 10.0 Å². The fourth-order valence-corrected chi connectivity index (χ4v) is 2.89. The summed E-state index contributed by atoms with van der Waals surface area (Å²) in [5, 5.41) is 1.07. The quantitative estimate of drug-likeness (QED) is 0.776. The molecule has 0 amide bonds. The first-order chi connectivity index (χ1) is 8.95. The second-order valence-corrected chi connectivity index (χ2v) is 5.91. The molecule has 0 radical (unpaired) electrons. The van der Waals surface area contributed by atoms with E-state index in [0.717, 1.165) is 10.0 Å². The molecule has 0 aromatic heterocycles. The van der Waals surface area contributed by atoms with Crippen molar-refractivity contribution < 1.29 is 4.74 Å². The fraction of sp³-hybridized carbons (Fsp3) is 0.143. The minimum atomic E-state index is -0.0379.